The predicted octanol–water partition coefficient (Wildman–Crippen LogP) is 3.87. The zero-order valence-electron chi connectivity index (χ0n) is 14.5. The van der Waals surface area contributed by atoms with Crippen LogP contribution < -0.4 is 10.6 Å². The molecule has 25 heavy (non-hydrogen) atoms. The van der Waals surface area contributed by atoms with E-state index in [-0.39, 0.29) is 24.4 Å². The zero-order valence-corrected chi connectivity index (χ0v) is 15.3. The van der Waals surface area contributed by atoms with Gasteiger partial charge in [-0.1, -0.05) is 23.7 Å². The van der Waals surface area contributed by atoms with Gasteiger partial charge in [0.1, 0.15) is 0 Å². The third kappa shape index (κ3) is 5.80. The number of nitrogens with zero attached hydrogens (tertiary/aromatic N) is 1. The van der Waals surface area contributed by atoms with Crippen molar-refractivity contribution in [2.24, 2.45) is 0 Å². The van der Waals surface area contributed by atoms with E-state index in [1.165, 1.54) is 4.90 Å². The lowest BCUT2D eigenvalue weighted by atomic mass is 10.1. The average Bonchev–Trinajstić information content (AvgIpc) is 2.53. The van der Waals surface area contributed by atoms with Crippen LogP contribution in [0.2, 0.25) is 5.02 Å². The summed E-state index contributed by atoms with van der Waals surface area (Å²) >= 11 is 5.89. The lowest BCUT2D eigenvalue weighted by Crippen LogP contribution is -2.35. The van der Waals surface area contributed by atoms with Crippen LogP contribution in [0.15, 0.2) is 48.5 Å². The Morgan fingerprint density at radius 3 is 2.44 bits per heavy atom. The van der Waals surface area contributed by atoms with Crippen LogP contribution in [-0.2, 0) is 4.79 Å². The van der Waals surface area contributed by atoms with Gasteiger partial charge < -0.3 is 15.5 Å². The highest BCUT2D eigenvalue weighted by Crippen LogP contribution is 2.16. The molecule has 0 heterocycles. The van der Waals surface area contributed by atoms with Crippen molar-refractivity contribution in [3.63, 3.8) is 0 Å². The Kier molecular flexibility index (Phi) is 6.42. The summed E-state index contributed by atoms with van der Waals surface area (Å²) in [6.45, 7) is 4.01. The molecule has 2 N–H and O–H groups in total. The second kappa shape index (κ2) is 8.53. The number of hydrogen-bond donors (Lipinski definition) is 2. The molecule has 0 atom stereocenters. The Morgan fingerprint density at radius 2 is 1.76 bits per heavy atom. The summed E-state index contributed by atoms with van der Waals surface area (Å²) in [6, 6.07) is 14.4. The Hall–Kier alpha value is -2.53. The van der Waals surface area contributed by atoms with Crippen LogP contribution in [0, 0.1) is 0 Å². The fourth-order valence-corrected chi connectivity index (χ4v) is 2.54. The van der Waals surface area contributed by atoms with Crippen LogP contribution in [0.5, 0.6) is 0 Å². The molecule has 0 radical (unpaired) electrons. The Balaban J connectivity index is 1.98. The Morgan fingerprint density at radius 1 is 1.08 bits per heavy atom. The van der Waals surface area contributed by atoms with Gasteiger partial charge in [0.2, 0.25) is 5.91 Å². The van der Waals surface area contributed by atoms with Crippen LogP contribution in [-0.4, -0.2) is 36.3 Å². The molecule has 5 nitrogen and oxygen atoms in total. The number of hydrogen-bond acceptors (Lipinski definition) is 3. The van der Waals surface area contributed by atoms with Gasteiger partial charge in [-0.05, 0) is 50.2 Å². The van der Waals surface area contributed by atoms with E-state index in [2.05, 4.69) is 10.6 Å². The molecule has 0 aliphatic rings. The summed E-state index contributed by atoms with van der Waals surface area (Å²) < 4.78 is 0. The van der Waals surface area contributed by atoms with Gasteiger partial charge in [-0.15, -0.1) is 0 Å². The largest absolute Gasteiger partial charge is 0.383 e. The molecule has 2 aromatic rings. The third-order valence-corrected chi connectivity index (χ3v) is 3.64. The molecule has 0 unspecified atom stereocenters. The minimum Gasteiger partial charge on any atom is -0.383 e. The number of halogens is 1. The lowest BCUT2D eigenvalue weighted by molar-refractivity contribution is -0.116. The standard InChI is InChI=1S/C19H22ClN3O2/c1-13(2)21-16-8-4-6-14(10-16)19(25)23(3)12-18(24)22-17-9-5-7-15(20)11-17/h4-11,13,21H,12H2,1-3H3,(H,22,24). The average molecular weight is 360 g/mol. The van der Waals surface area contributed by atoms with Crippen molar-refractivity contribution in [2.45, 2.75) is 19.9 Å². The van der Waals surface area contributed by atoms with Gasteiger partial charge in [-0.25, -0.2) is 0 Å². The maximum atomic E-state index is 12.5. The highest BCUT2D eigenvalue weighted by molar-refractivity contribution is 6.30. The van der Waals surface area contributed by atoms with Crippen molar-refractivity contribution in [1.29, 1.82) is 0 Å². The van der Waals surface area contributed by atoms with Crippen LogP contribution in [0.25, 0.3) is 0 Å². The SMILES string of the molecule is CC(C)Nc1cccc(C(=O)N(C)CC(=O)Nc2cccc(Cl)c2)c1. The van der Waals surface area contributed by atoms with E-state index in [9.17, 15) is 9.59 Å². The number of carbonyl (C=O) groups is 2. The first-order valence-corrected chi connectivity index (χ1v) is 8.40. The van der Waals surface area contributed by atoms with E-state index in [0.29, 0.717) is 16.3 Å². The minimum absolute atomic E-state index is 0.0484. The van der Waals surface area contributed by atoms with Gasteiger partial charge in [0, 0.05) is 35.1 Å². The number of nitrogens with one attached hydrogen (secondary N) is 2. The molecule has 6 heteroatoms. The quantitative estimate of drug-likeness (QED) is 0.823. The van der Waals surface area contributed by atoms with Crippen LogP contribution in [0.4, 0.5) is 11.4 Å². The molecule has 0 spiro atoms. The molecule has 0 saturated heterocycles. The van der Waals surface area contributed by atoms with Crippen molar-refractivity contribution in [3.05, 3.63) is 59.1 Å². The topological polar surface area (TPSA) is 61.4 Å². The molecule has 2 aromatic carbocycles. The van der Waals surface area contributed by atoms with E-state index >= 15 is 0 Å². The number of benzene rings is 2. The minimum atomic E-state index is -0.283. The normalized spacial score (nSPS) is 10.4. The molecule has 0 aliphatic carbocycles. The van der Waals surface area contributed by atoms with E-state index in [1.54, 1.807) is 43.4 Å². The molecule has 0 fully saturated rings. The van der Waals surface area contributed by atoms with Crippen LogP contribution in [0.3, 0.4) is 0 Å². The smallest absolute Gasteiger partial charge is 0.254 e. The summed E-state index contributed by atoms with van der Waals surface area (Å²) in [5, 5.41) is 6.52. The van der Waals surface area contributed by atoms with Crippen molar-refractivity contribution in [1.82, 2.24) is 4.90 Å². The van der Waals surface area contributed by atoms with Crippen molar-refractivity contribution < 1.29 is 9.59 Å². The number of carbonyl (C=O) groups excluding carboxylic acids is 2. The highest BCUT2D eigenvalue weighted by atomic mass is 35.5. The van der Waals surface area contributed by atoms with Crippen LogP contribution >= 0.6 is 11.6 Å². The summed E-state index contributed by atoms with van der Waals surface area (Å²) in [6.07, 6.45) is 0. The van der Waals surface area contributed by atoms with E-state index in [4.69, 9.17) is 11.6 Å². The van der Waals surface area contributed by atoms with Crippen molar-refractivity contribution in [2.75, 3.05) is 24.2 Å². The number of likely N-dealkylation sites (N-methyl/N-ethyl adjacent to an activating group) is 1. The predicted molar refractivity (Wildman–Crippen MR) is 102 cm³/mol. The first kappa shape index (κ1) is 18.8. The van der Waals surface area contributed by atoms with Crippen molar-refractivity contribution in [3.8, 4) is 0 Å². The molecule has 132 valence electrons. The van der Waals surface area contributed by atoms with E-state index in [0.717, 1.165) is 5.69 Å². The maximum absolute atomic E-state index is 12.5. The van der Waals surface area contributed by atoms with Gasteiger partial charge in [0.05, 0.1) is 6.54 Å². The number of amides is 2. The first-order chi connectivity index (χ1) is 11.8. The number of anilines is 2. The lowest BCUT2D eigenvalue weighted by Gasteiger charge is -2.18. The Labute approximate surface area is 153 Å². The molecule has 2 amide bonds. The first-order valence-electron chi connectivity index (χ1n) is 8.02. The van der Waals surface area contributed by atoms with Crippen LogP contribution in [0.1, 0.15) is 24.2 Å². The fraction of sp³-hybridized carbons (Fsp3) is 0.263. The summed E-state index contributed by atoms with van der Waals surface area (Å²) in [4.78, 5) is 26.0. The van der Waals surface area contributed by atoms with Gasteiger partial charge in [0.25, 0.3) is 5.91 Å². The fourth-order valence-electron chi connectivity index (χ4n) is 2.35. The monoisotopic (exact) mass is 359 g/mol. The third-order valence-electron chi connectivity index (χ3n) is 3.40. The van der Waals surface area contributed by atoms with Gasteiger partial charge in [-0.3, -0.25) is 9.59 Å². The van der Waals surface area contributed by atoms with Gasteiger partial charge >= 0.3 is 0 Å². The summed E-state index contributed by atoms with van der Waals surface area (Å²) in [5.41, 5.74) is 2.00. The molecule has 0 aliphatic heterocycles. The molecule has 0 aromatic heterocycles. The van der Waals surface area contributed by atoms with E-state index < -0.39 is 0 Å². The van der Waals surface area contributed by atoms with Crippen molar-refractivity contribution >= 4 is 34.8 Å². The van der Waals surface area contributed by atoms with Gasteiger partial charge in [0.15, 0.2) is 0 Å². The molecular weight excluding hydrogens is 338 g/mol. The molecular formula is C19H22ClN3O2. The highest BCUT2D eigenvalue weighted by Gasteiger charge is 2.15. The molecule has 2 rings (SSSR count). The van der Waals surface area contributed by atoms with E-state index in [1.807, 2.05) is 26.0 Å². The second-order valence-corrected chi connectivity index (χ2v) is 6.54. The Bertz CT molecular complexity index is 762. The van der Waals surface area contributed by atoms with Gasteiger partial charge in [-0.2, -0.15) is 0 Å². The zero-order chi connectivity index (χ0) is 18.4. The number of rotatable bonds is 6. The second-order valence-electron chi connectivity index (χ2n) is 6.10. The summed E-state index contributed by atoms with van der Waals surface area (Å²) in [5.74, 6) is -0.497. The molecule has 0 saturated carbocycles. The summed E-state index contributed by atoms with van der Waals surface area (Å²) in [7, 11) is 1.60. The molecule has 0 bridgehead atoms. The maximum Gasteiger partial charge on any atom is 0.254 e.